The van der Waals surface area contributed by atoms with Crippen LogP contribution in [0.15, 0.2) is 90.0 Å². The number of allylic oxidation sites excluding steroid dienone is 4. The smallest absolute Gasteiger partial charge is 0.0577 e. The van der Waals surface area contributed by atoms with E-state index in [9.17, 15) is 5.11 Å². The minimum absolute atomic E-state index is 0.113. The molecule has 0 radical (unpaired) electrons. The third kappa shape index (κ3) is 4.28. The van der Waals surface area contributed by atoms with Gasteiger partial charge in [-0.25, -0.2) is 0 Å². The van der Waals surface area contributed by atoms with Gasteiger partial charge >= 0.3 is 0 Å². The SMILES string of the molecule is C/C(=C/C=C(c1ccccc1)c1ccccc1)[C@H]1CC[C@@H]2[C@@H]3CC=C4C[C@@H](O)CC[C@]4(C)[C@H]3CC[C@]12C. The maximum atomic E-state index is 10.3. The Morgan fingerprint density at radius 2 is 1.49 bits per heavy atom. The number of aliphatic hydroxyl groups is 1. The third-order valence-corrected chi connectivity index (χ3v) is 11.3. The van der Waals surface area contributed by atoms with Gasteiger partial charge in [-0.1, -0.05) is 104 Å². The van der Waals surface area contributed by atoms with Crippen LogP contribution < -0.4 is 0 Å². The summed E-state index contributed by atoms with van der Waals surface area (Å²) in [6, 6.07) is 21.7. The van der Waals surface area contributed by atoms with Crippen molar-refractivity contribution in [1.82, 2.24) is 0 Å². The van der Waals surface area contributed by atoms with Crippen molar-refractivity contribution in [2.45, 2.75) is 78.2 Å². The van der Waals surface area contributed by atoms with E-state index in [2.05, 4.69) is 99.7 Å². The van der Waals surface area contributed by atoms with Crippen molar-refractivity contribution in [3.63, 3.8) is 0 Å². The van der Waals surface area contributed by atoms with E-state index < -0.39 is 0 Å². The van der Waals surface area contributed by atoms with E-state index in [4.69, 9.17) is 0 Å². The summed E-state index contributed by atoms with van der Waals surface area (Å²) >= 11 is 0. The zero-order valence-electron chi connectivity index (χ0n) is 23.0. The molecule has 0 unspecified atom stereocenters. The maximum Gasteiger partial charge on any atom is 0.0577 e. The van der Waals surface area contributed by atoms with E-state index in [-0.39, 0.29) is 6.10 Å². The van der Waals surface area contributed by atoms with Crippen LogP contribution in [0.4, 0.5) is 0 Å². The highest BCUT2D eigenvalue weighted by Gasteiger charge is 2.58. The second kappa shape index (κ2) is 9.73. The molecule has 4 aliphatic carbocycles. The summed E-state index contributed by atoms with van der Waals surface area (Å²) in [5, 5.41) is 10.3. The van der Waals surface area contributed by atoms with Crippen LogP contribution in [0, 0.1) is 34.5 Å². The summed E-state index contributed by atoms with van der Waals surface area (Å²) < 4.78 is 0. The fourth-order valence-corrected chi connectivity index (χ4v) is 9.32. The fourth-order valence-electron chi connectivity index (χ4n) is 9.32. The molecule has 37 heavy (non-hydrogen) atoms. The van der Waals surface area contributed by atoms with Gasteiger partial charge in [-0.05, 0) is 109 Å². The first-order chi connectivity index (χ1) is 17.9. The van der Waals surface area contributed by atoms with Gasteiger partial charge in [0.05, 0.1) is 6.10 Å². The summed E-state index contributed by atoms with van der Waals surface area (Å²) in [5.74, 6) is 3.13. The molecule has 0 aliphatic heterocycles. The van der Waals surface area contributed by atoms with Gasteiger partial charge in [0, 0.05) is 0 Å². The number of fused-ring (bicyclic) bond motifs is 5. The molecule has 1 nitrogen and oxygen atoms in total. The van der Waals surface area contributed by atoms with Crippen molar-refractivity contribution >= 4 is 5.57 Å². The molecule has 2 aromatic rings. The number of rotatable bonds is 4. The van der Waals surface area contributed by atoms with Crippen molar-refractivity contribution in [2.75, 3.05) is 0 Å². The minimum Gasteiger partial charge on any atom is -0.393 e. The van der Waals surface area contributed by atoms with Crippen LogP contribution >= 0.6 is 0 Å². The summed E-state index contributed by atoms with van der Waals surface area (Å²) in [6.07, 6.45) is 17.0. The Bertz CT molecular complexity index is 1160. The van der Waals surface area contributed by atoms with Gasteiger partial charge in [0.25, 0.3) is 0 Å². The van der Waals surface area contributed by atoms with Gasteiger partial charge < -0.3 is 5.11 Å². The molecule has 1 heteroatoms. The number of aliphatic hydroxyl groups excluding tert-OH is 1. The van der Waals surface area contributed by atoms with E-state index >= 15 is 0 Å². The van der Waals surface area contributed by atoms with Crippen LogP contribution in [0.2, 0.25) is 0 Å². The molecule has 1 N–H and O–H groups in total. The monoisotopic (exact) mass is 492 g/mol. The lowest BCUT2D eigenvalue weighted by Crippen LogP contribution is -2.50. The predicted octanol–water partition coefficient (Wildman–Crippen LogP) is 9.00. The number of benzene rings is 2. The molecule has 6 rings (SSSR count). The average Bonchev–Trinajstić information content (AvgIpc) is 3.28. The molecule has 0 amide bonds. The normalized spacial score (nSPS) is 37.1. The van der Waals surface area contributed by atoms with Gasteiger partial charge in [-0.2, -0.15) is 0 Å². The lowest BCUT2D eigenvalue weighted by Gasteiger charge is -2.58. The first-order valence-electron chi connectivity index (χ1n) is 14.8. The highest BCUT2D eigenvalue weighted by Crippen LogP contribution is 2.67. The van der Waals surface area contributed by atoms with Crippen LogP contribution in [0.5, 0.6) is 0 Å². The lowest BCUT2D eigenvalue weighted by molar-refractivity contribution is -0.0454. The molecular weight excluding hydrogens is 448 g/mol. The van der Waals surface area contributed by atoms with E-state index in [0.717, 1.165) is 30.6 Å². The van der Waals surface area contributed by atoms with Crippen molar-refractivity contribution in [3.05, 3.63) is 101 Å². The van der Waals surface area contributed by atoms with Gasteiger partial charge in [0.1, 0.15) is 0 Å². The fraction of sp³-hybridized carbons (Fsp3) is 0.500. The van der Waals surface area contributed by atoms with Crippen LogP contribution in [0.1, 0.15) is 83.3 Å². The molecule has 4 aliphatic rings. The van der Waals surface area contributed by atoms with E-state index in [0.29, 0.717) is 16.7 Å². The van der Waals surface area contributed by atoms with Crippen molar-refractivity contribution in [1.29, 1.82) is 0 Å². The van der Waals surface area contributed by atoms with Gasteiger partial charge in [0.15, 0.2) is 0 Å². The third-order valence-electron chi connectivity index (χ3n) is 11.3. The highest BCUT2D eigenvalue weighted by atomic mass is 16.3. The Balaban J connectivity index is 1.28. The van der Waals surface area contributed by atoms with Gasteiger partial charge in [-0.15, -0.1) is 0 Å². The van der Waals surface area contributed by atoms with Crippen LogP contribution in [-0.2, 0) is 0 Å². The molecule has 0 aromatic heterocycles. The second-order valence-corrected chi connectivity index (χ2v) is 13.1. The first kappa shape index (κ1) is 24.9. The topological polar surface area (TPSA) is 20.2 Å². The molecular formula is C36H44O. The molecule has 7 atom stereocenters. The molecule has 0 bridgehead atoms. The Kier molecular flexibility index (Phi) is 6.56. The predicted molar refractivity (Wildman–Crippen MR) is 155 cm³/mol. The maximum absolute atomic E-state index is 10.3. The summed E-state index contributed by atoms with van der Waals surface area (Å²) in [6.45, 7) is 7.58. The quantitative estimate of drug-likeness (QED) is 0.333. The Hall–Kier alpha value is -2.38. The number of hydrogen-bond acceptors (Lipinski definition) is 1. The molecule has 3 saturated carbocycles. The highest BCUT2D eigenvalue weighted by molar-refractivity contribution is 5.80. The lowest BCUT2D eigenvalue weighted by atomic mass is 9.47. The van der Waals surface area contributed by atoms with Crippen LogP contribution in [-0.4, -0.2) is 11.2 Å². The molecule has 0 saturated heterocycles. The van der Waals surface area contributed by atoms with E-state index in [1.165, 1.54) is 55.2 Å². The van der Waals surface area contributed by atoms with E-state index in [1.54, 1.807) is 11.1 Å². The van der Waals surface area contributed by atoms with Crippen LogP contribution in [0.25, 0.3) is 5.57 Å². The minimum atomic E-state index is -0.113. The van der Waals surface area contributed by atoms with E-state index in [1.807, 2.05) is 0 Å². The van der Waals surface area contributed by atoms with Crippen LogP contribution in [0.3, 0.4) is 0 Å². The van der Waals surface area contributed by atoms with Gasteiger partial charge in [-0.3, -0.25) is 0 Å². The Labute approximate surface area is 224 Å². The van der Waals surface area contributed by atoms with Gasteiger partial charge in [0.2, 0.25) is 0 Å². The molecule has 0 spiro atoms. The Morgan fingerprint density at radius 1 is 0.811 bits per heavy atom. The number of hydrogen-bond donors (Lipinski definition) is 1. The first-order valence-corrected chi connectivity index (χ1v) is 14.8. The summed E-state index contributed by atoms with van der Waals surface area (Å²) in [7, 11) is 0. The molecule has 3 fully saturated rings. The zero-order valence-corrected chi connectivity index (χ0v) is 23.0. The molecule has 0 heterocycles. The molecule has 194 valence electrons. The average molecular weight is 493 g/mol. The second-order valence-electron chi connectivity index (χ2n) is 13.1. The molecule has 2 aromatic carbocycles. The summed E-state index contributed by atoms with van der Waals surface area (Å²) in [5.41, 5.74) is 7.75. The summed E-state index contributed by atoms with van der Waals surface area (Å²) in [4.78, 5) is 0. The Morgan fingerprint density at radius 3 is 2.16 bits per heavy atom. The standard InChI is InChI=1S/C36H44O/c1-25(14-16-30(26-10-6-4-7-11-26)27-12-8-5-9-13-27)32-18-19-33-31-17-15-28-24-29(37)20-22-35(28,2)34(31)21-23-36(32,33)3/h4-16,29,31-34,37H,17-24H2,1-3H3/b25-14-/t29-,31-,32+,33+,34-,35-,36+/m0/s1. The zero-order chi connectivity index (χ0) is 25.6. The van der Waals surface area contributed by atoms with Crippen molar-refractivity contribution in [2.24, 2.45) is 34.5 Å². The van der Waals surface area contributed by atoms with Crippen molar-refractivity contribution < 1.29 is 5.11 Å². The largest absolute Gasteiger partial charge is 0.393 e. The van der Waals surface area contributed by atoms with Crippen molar-refractivity contribution in [3.8, 4) is 0 Å².